The van der Waals surface area contributed by atoms with Gasteiger partial charge in [0.1, 0.15) is 0 Å². The molecule has 1 saturated carbocycles. The predicted molar refractivity (Wildman–Crippen MR) is 146 cm³/mol. The van der Waals surface area contributed by atoms with Gasteiger partial charge in [0.2, 0.25) is 11.2 Å². The van der Waals surface area contributed by atoms with Gasteiger partial charge in [0.15, 0.2) is 17.0 Å². The van der Waals surface area contributed by atoms with Gasteiger partial charge >= 0.3 is 6.09 Å². The Bertz CT molecular complexity index is 1350. The van der Waals surface area contributed by atoms with Crippen molar-refractivity contribution in [2.24, 2.45) is 5.92 Å². The zero-order valence-electron chi connectivity index (χ0n) is 21.9. The lowest BCUT2D eigenvalue weighted by Gasteiger charge is -2.52. The third kappa shape index (κ3) is 5.62. The summed E-state index contributed by atoms with van der Waals surface area (Å²) in [5.41, 5.74) is 2.10. The van der Waals surface area contributed by atoms with Crippen LogP contribution in [0.5, 0.6) is 0 Å². The van der Waals surface area contributed by atoms with E-state index in [4.69, 9.17) is 28.3 Å². The number of amides is 1. The van der Waals surface area contributed by atoms with Crippen LogP contribution in [0.15, 0.2) is 30.6 Å². The molecule has 9 nitrogen and oxygen atoms in total. The van der Waals surface area contributed by atoms with Crippen molar-refractivity contribution in [3.8, 4) is 0 Å². The van der Waals surface area contributed by atoms with Crippen molar-refractivity contribution < 1.29 is 18.7 Å². The van der Waals surface area contributed by atoms with Crippen LogP contribution in [0.2, 0.25) is 10.3 Å². The van der Waals surface area contributed by atoms with Crippen LogP contribution in [-0.4, -0.2) is 85.2 Å². The summed E-state index contributed by atoms with van der Waals surface area (Å²) >= 11 is 12.5. The van der Waals surface area contributed by atoms with Crippen molar-refractivity contribution in [2.45, 2.75) is 57.3 Å². The molecule has 3 aromatic rings. The molecule has 39 heavy (non-hydrogen) atoms. The number of piperazine rings is 1. The fourth-order valence-electron chi connectivity index (χ4n) is 5.78. The number of rotatable bonds is 7. The summed E-state index contributed by atoms with van der Waals surface area (Å²) < 4.78 is 29.7. The minimum atomic E-state index is -2.62. The normalized spacial score (nSPS) is 22.6. The molecule has 1 aliphatic carbocycles. The highest BCUT2D eigenvalue weighted by molar-refractivity contribution is 6.30. The first-order valence-electron chi connectivity index (χ1n) is 12.9. The number of imidazole rings is 1. The second kappa shape index (κ2) is 10.7. The molecule has 0 spiro atoms. The maximum absolute atomic E-state index is 14.0. The van der Waals surface area contributed by atoms with Gasteiger partial charge in [0.05, 0.1) is 6.33 Å². The summed E-state index contributed by atoms with van der Waals surface area (Å²) in [4.78, 5) is 30.3. The number of nitrogens with zero attached hydrogens (tertiary/aromatic N) is 7. The molecule has 1 unspecified atom stereocenters. The van der Waals surface area contributed by atoms with Crippen LogP contribution in [0.3, 0.4) is 0 Å². The van der Waals surface area contributed by atoms with Gasteiger partial charge in [-0.2, -0.15) is 9.97 Å². The maximum atomic E-state index is 14.0. The van der Waals surface area contributed by atoms with Crippen LogP contribution in [0.4, 0.5) is 19.4 Å². The molecule has 1 aromatic carbocycles. The Balaban J connectivity index is 1.41. The Morgan fingerprint density at radius 3 is 2.49 bits per heavy atom. The molecule has 2 aliphatic rings. The Kier molecular flexibility index (Phi) is 7.60. The van der Waals surface area contributed by atoms with E-state index >= 15 is 0 Å². The third-order valence-electron chi connectivity index (χ3n) is 7.86. The number of likely N-dealkylation sites (N-methyl/N-ethyl adjacent to an activating group) is 1. The van der Waals surface area contributed by atoms with Crippen molar-refractivity contribution >= 4 is 46.3 Å². The Hall–Kier alpha value is -2.76. The number of alkyl halides is 2. The minimum absolute atomic E-state index is 0.0194. The molecule has 3 atom stereocenters. The van der Waals surface area contributed by atoms with Crippen molar-refractivity contribution in [3.63, 3.8) is 0 Å². The van der Waals surface area contributed by atoms with Crippen molar-refractivity contribution in [2.75, 3.05) is 31.6 Å². The van der Waals surface area contributed by atoms with Crippen LogP contribution < -0.4 is 4.90 Å². The molecule has 210 valence electrons. The highest BCUT2D eigenvalue weighted by Crippen LogP contribution is 2.51. The lowest BCUT2D eigenvalue weighted by molar-refractivity contribution is -0.137. The summed E-state index contributed by atoms with van der Waals surface area (Å²) in [5.74, 6) is -2.16. The van der Waals surface area contributed by atoms with Crippen LogP contribution >= 0.6 is 23.2 Å². The molecule has 5 rings (SSSR count). The first-order chi connectivity index (χ1) is 18.4. The smallest absolute Gasteiger partial charge is 0.407 e. The van der Waals surface area contributed by atoms with Gasteiger partial charge in [0, 0.05) is 69.2 Å². The first kappa shape index (κ1) is 27.8. The standard InChI is InChI=1S/C26H31Cl2F2N7O2/c1-15-13-37(23-20-22(32-24(28)33-23)35(14-31-20)9-8-34(3)25(38)39)16(2)12-36(15)21(18-10-26(29,30)11-18)17-4-6-19(27)7-5-17/h4-7,14-16,18,21H,8-13H2,1-3H3,(H,38,39)/t15-,16+,21?/m1/s1. The minimum Gasteiger partial charge on any atom is -0.465 e. The summed E-state index contributed by atoms with van der Waals surface area (Å²) in [6.07, 6.45) is 0.347. The number of benzene rings is 1. The van der Waals surface area contributed by atoms with Gasteiger partial charge in [0.25, 0.3) is 0 Å². The average molecular weight is 582 g/mol. The van der Waals surface area contributed by atoms with Gasteiger partial charge in [-0.25, -0.2) is 18.6 Å². The highest BCUT2D eigenvalue weighted by atomic mass is 35.5. The van der Waals surface area contributed by atoms with Crippen molar-refractivity contribution in [1.82, 2.24) is 29.3 Å². The molecule has 2 aromatic heterocycles. The van der Waals surface area contributed by atoms with Crippen molar-refractivity contribution in [3.05, 3.63) is 46.5 Å². The fraction of sp³-hybridized carbons (Fsp3) is 0.538. The number of anilines is 1. The molecule has 13 heteroatoms. The van der Waals surface area contributed by atoms with Crippen molar-refractivity contribution in [1.29, 1.82) is 0 Å². The zero-order valence-corrected chi connectivity index (χ0v) is 23.4. The zero-order chi connectivity index (χ0) is 28.1. The second-order valence-corrected chi connectivity index (χ2v) is 11.5. The van der Waals surface area contributed by atoms with E-state index < -0.39 is 12.0 Å². The molecule has 3 heterocycles. The number of carboxylic acid groups (broad SMARTS) is 1. The fourth-order valence-corrected chi connectivity index (χ4v) is 6.07. The Morgan fingerprint density at radius 2 is 1.85 bits per heavy atom. The van der Waals surface area contributed by atoms with E-state index in [1.54, 1.807) is 10.9 Å². The van der Waals surface area contributed by atoms with E-state index in [0.29, 0.717) is 41.6 Å². The lowest BCUT2D eigenvalue weighted by Crippen LogP contribution is -2.59. The SMILES string of the molecule is C[C@@H]1CN(c2nc(Cl)nc3c2ncn3CCN(C)C(=O)O)[C@@H](C)CN1C(c1ccc(Cl)cc1)C1CC(F)(F)C1. The van der Waals surface area contributed by atoms with Crippen LogP contribution in [0, 0.1) is 5.92 Å². The largest absolute Gasteiger partial charge is 0.465 e. The van der Waals surface area contributed by atoms with E-state index in [2.05, 4.69) is 38.6 Å². The molecular weight excluding hydrogens is 551 g/mol. The maximum Gasteiger partial charge on any atom is 0.407 e. The molecule has 1 aliphatic heterocycles. The summed E-state index contributed by atoms with van der Waals surface area (Å²) in [7, 11) is 1.50. The molecular formula is C26H31Cl2F2N7O2. The highest BCUT2D eigenvalue weighted by Gasteiger charge is 2.51. The molecule has 0 radical (unpaired) electrons. The number of halogens is 4. The van der Waals surface area contributed by atoms with E-state index in [0.717, 1.165) is 5.56 Å². The van der Waals surface area contributed by atoms with E-state index in [1.165, 1.54) is 11.9 Å². The summed E-state index contributed by atoms with van der Waals surface area (Å²) in [5, 5.41) is 9.85. The van der Waals surface area contributed by atoms with Gasteiger partial charge < -0.3 is 19.5 Å². The number of aromatic nitrogens is 4. The number of fused-ring (bicyclic) bond motifs is 1. The number of hydrogen-bond acceptors (Lipinski definition) is 6. The second-order valence-electron chi connectivity index (χ2n) is 10.7. The van der Waals surface area contributed by atoms with Crippen LogP contribution in [0.1, 0.15) is 38.3 Å². The quantitative estimate of drug-likeness (QED) is 0.372. The average Bonchev–Trinajstić information content (AvgIpc) is 3.26. The van der Waals surface area contributed by atoms with Crippen LogP contribution in [-0.2, 0) is 6.54 Å². The topological polar surface area (TPSA) is 90.6 Å². The Labute approximate surface area is 235 Å². The number of carbonyl (C=O) groups is 1. The summed E-state index contributed by atoms with van der Waals surface area (Å²) in [6.45, 7) is 6.01. The lowest BCUT2D eigenvalue weighted by atomic mass is 9.73. The Morgan fingerprint density at radius 1 is 1.15 bits per heavy atom. The van der Waals surface area contributed by atoms with Gasteiger partial charge in [-0.15, -0.1) is 0 Å². The van der Waals surface area contributed by atoms with Crippen LogP contribution in [0.25, 0.3) is 11.2 Å². The molecule has 1 saturated heterocycles. The summed E-state index contributed by atoms with van der Waals surface area (Å²) in [6, 6.07) is 7.36. The molecule has 1 N–H and O–H groups in total. The third-order valence-corrected chi connectivity index (χ3v) is 8.29. The molecule has 1 amide bonds. The van der Waals surface area contributed by atoms with Gasteiger partial charge in [-0.1, -0.05) is 23.7 Å². The molecule has 0 bridgehead atoms. The molecule has 2 fully saturated rings. The monoisotopic (exact) mass is 581 g/mol. The first-order valence-corrected chi connectivity index (χ1v) is 13.7. The van der Waals surface area contributed by atoms with E-state index in [1.807, 2.05) is 24.3 Å². The van der Waals surface area contributed by atoms with E-state index in [9.17, 15) is 13.6 Å². The predicted octanol–water partition coefficient (Wildman–Crippen LogP) is 5.43. The number of hydrogen-bond donors (Lipinski definition) is 1. The van der Waals surface area contributed by atoms with E-state index in [-0.39, 0.29) is 48.7 Å². The van der Waals surface area contributed by atoms with Gasteiger partial charge in [-0.3, -0.25) is 4.90 Å². The van der Waals surface area contributed by atoms with Gasteiger partial charge in [-0.05, 0) is 49.1 Å².